The van der Waals surface area contributed by atoms with Crippen molar-refractivity contribution >= 4 is 33.9 Å². The normalized spacial score (nSPS) is 14.9. The second kappa shape index (κ2) is 8.68. The summed E-state index contributed by atoms with van der Waals surface area (Å²) in [5.41, 5.74) is 3.04. The van der Waals surface area contributed by atoms with Crippen molar-refractivity contribution in [1.29, 1.82) is 0 Å². The van der Waals surface area contributed by atoms with Gasteiger partial charge >= 0.3 is 5.69 Å². The summed E-state index contributed by atoms with van der Waals surface area (Å²) >= 11 is 0. The molecule has 0 unspecified atom stereocenters. The highest BCUT2D eigenvalue weighted by atomic mass is 16.2. The Labute approximate surface area is 190 Å². The Kier molecular flexibility index (Phi) is 5.57. The fourth-order valence-corrected chi connectivity index (χ4v) is 4.72. The van der Waals surface area contributed by atoms with E-state index in [0.717, 1.165) is 49.2 Å². The van der Waals surface area contributed by atoms with E-state index in [1.54, 1.807) is 0 Å². The molecule has 1 saturated heterocycles. The van der Waals surface area contributed by atoms with Crippen LogP contribution in [0.5, 0.6) is 0 Å². The summed E-state index contributed by atoms with van der Waals surface area (Å²) < 4.78 is 3.72. The van der Waals surface area contributed by atoms with Gasteiger partial charge in [0.2, 0.25) is 5.82 Å². The van der Waals surface area contributed by atoms with Crippen LogP contribution < -0.4 is 15.9 Å². The van der Waals surface area contributed by atoms with Gasteiger partial charge in [-0.15, -0.1) is 0 Å². The van der Waals surface area contributed by atoms with Crippen molar-refractivity contribution in [2.24, 2.45) is 0 Å². The lowest BCUT2D eigenvalue weighted by Gasteiger charge is -2.33. The quantitative estimate of drug-likeness (QED) is 0.468. The number of carbonyl (C=O) groups is 1. The molecule has 10 heteroatoms. The molecule has 1 aliphatic heterocycles. The molecule has 3 aromatic heterocycles. The van der Waals surface area contributed by atoms with Crippen molar-refractivity contribution in [1.82, 2.24) is 34.4 Å². The van der Waals surface area contributed by atoms with E-state index in [0.29, 0.717) is 30.1 Å². The number of H-pyrrole nitrogens is 1. The zero-order valence-corrected chi connectivity index (χ0v) is 18.9. The number of fused-ring (bicyclic) bond motifs is 2. The third kappa shape index (κ3) is 3.65. The zero-order valence-electron chi connectivity index (χ0n) is 18.9. The van der Waals surface area contributed by atoms with Crippen LogP contribution in [-0.4, -0.2) is 54.6 Å². The molecule has 1 amide bonds. The molecule has 172 valence electrons. The van der Waals surface area contributed by atoms with E-state index in [1.165, 1.54) is 6.33 Å². The van der Waals surface area contributed by atoms with Crippen LogP contribution in [0.25, 0.3) is 22.2 Å². The van der Waals surface area contributed by atoms with E-state index in [2.05, 4.69) is 30.2 Å². The maximum atomic E-state index is 12.7. The lowest BCUT2D eigenvalue weighted by Crippen LogP contribution is -2.37. The number of aromatic amines is 1. The van der Waals surface area contributed by atoms with Crippen molar-refractivity contribution in [3.63, 3.8) is 0 Å². The SMILES string of the molecule is CCCNC(=O)c1nc2c(N3CCC(n4c(=O)[nH]c5ccccc54)CC3)ncnc2n1CC. The van der Waals surface area contributed by atoms with Crippen molar-refractivity contribution in [3.05, 3.63) is 46.9 Å². The fourth-order valence-electron chi connectivity index (χ4n) is 4.72. The summed E-state index contributed by atoms with van der Waals surface area (Å²) in [7, 11) is 0. The lowest BCUT2D eigenvalue weighted by molar-refractivity contribution is 0.0939. The van der Waals surface area contributed by atoms with E-state index < -0.39 is 0 Å². The highest BCUT2D eigenvalue weighted by Gasteiger charge is 2.27. The van der Waals surface area contributed by atoms with E-state index in [9.17, 15) is 9.59 Å². The topological polar surface area (TPSA) is 114 Å². The Bertz CT molecular complexity index is 1360. The molecule has 0 radical (unpaired) electrons. The summed E-state index contributed by atoms with van der Waals surface area (Å²) in [6.45, 7) is 6.65. The summed E-state index contributed by atoms with van der Waals surface area (Å²) in [5, 5.41) is 2.91. The van der Waals surface area contributed by atoms with Gasteiger partial charge in [-0.1, -0.05) is 19.1 Å². The van der Waals surface area contributed by atoms with E-state index in [-0.39, 0.29) is 17.6 Å². The fraction of sp³-hybridized carbons (Fsp3) is 0.435. The molecule has 0 saturated carbocycles. The molecule has 5 rings (SSSR count). The molecule has 1 aliphatic rings. The minimum Gasteiger partial charge on any atom is -0.355 e. The first-order valence-corrected chi connectivity index (χ1v) is 11.6. The number of carbonyl (C=O) groups excluding carboxylic acids is 1. The first-order valence-electron chi connectivity index (χ1n) is 11.6. The van der Waals surface area contributed by atoms with E-state index in [1.807, 2.05) is 47.2 Å². The van der Waals surface area contributed by atoms with Crippen LogP contribution in [0.3, 0.4) is 0 Å². The number of rotatable bonds is 6. The zero-order chi connectivity index (χ0) is 22.9. The summed E-state index contributed by atoms with van der Waals surface area (Å²) in [6, 6.07) is 7.91. The molecule has 4 aromatic rings. The smallest absolute Gasteiger partial charge is 0.326 e. The van der Waals surface area contributed by atoms with Gasteiger partial charge in [-0.3, -0.25) is 9.36 Å². The van der Waals surface area contributed by atoms with Gasteiger partial charge in [0.25, 0.3) is 5.91 Å². The number of nitrogens with one attached hydrogen (secondary N) is 2. The van der Waals surface area contributed by atoms with Crippen molar-refractivity contribution < 1.29 is 4.79 Å². The van der Waals surface area contributed by atoms with Crippen LogP contribution in [-0.2, 0) is 6.54 Å². The standard InChI is InChI=1S/C23H28N8O2/c1-3-11-24-22(32)21-28-18-19(25-14-26-20(18)30(21)4-2)29-12-9-15(10-13-29)31-17-8-6-5-7-16(17)27-23(31)33/h5-8,14-15H,3-4,9-13H2,1-2H3,(H,24,32)(H,27,33). The Balaban J connectivity index is 1.43. The van der Waals surface area contributed by atoms with Gasteiger partial charge in [-0.2, -0.15) is 0 Å². The number of aryl methyl sites for hydroxylation is 1. The second-order valence-electron chi connectivity index (χ2n) is 8.34. The first-order chi connectivity index (χ1) is 16.1. The number of piperidine rings is 1. The summed E-state index contributed by atoms with van der Waals surface area (Å²) in [5.74, 6) is 0.907. The third-order valence-electron chi connectivity index (χ3n) is 6.32. The van der Waals surface area contributed by atoms with Gasteiger partial charge in [-0.05, 0) is 38.3 Å². The molecule has 0 bridgehead atoms. The highest BCUT2D eigenvalue weighted by molar-refractivity contribution is 5.96. The Hall–Kier alpha value is -3.69. The predicted molar refractivity (Wildman–Crippen MR) is 127 cm³/mol. The Morgan fingerprint density at radius 3 is 2.73 bits per heavy atom. The van der Waals surface area contributed by atoms with Gasteiger partial charge in [0, 0.05) is 32.2 Å². The number of benzene rings is 1. The molecular formula is C23H28N8O2. The van der Waals surface area contributed by atoms with Gasteiger partial charge in [0.1, 0.15) is 6.33 Å². The lowest BCUT2D eigenvalue weighted by atomic mass is 10.0. The van der Waals surface area contributed by atoms with Crippen molar-refractivity contribution in [2.75, 3.05) is 24.5 Å². The molecule has 0 aliphatic carbocycles. The number of imidazole rings is 2. The van der Waals surface area contributed by atoms with Crippen LogP contribution in [0.1, 0.15) is 49.8 Å². The van der Waals surface area contributed by atoms with Gasteiger partial charge in [-0.25, -0.2) is 19.7 Å². The first kappa shape index (κ1) is 21.2. The number of nitrogens with zero attached hydrogens (tertiary/aromatic N) is 6. The van der Waals surface area contributed by atoms with E-state index >= 15 is 0 Å². The van der Waals surface area contributed by atoms with Gasteiger partial charge in [0.15, 0.2) is 17.0 Å². The Morgan fingerprint density at radius 1 is 1.18 bits per heavy atom. The van der Waals surface area contributed by atoms with Crippen LogP contribution >= 0.6 is 0 Å². The average Bonchev–Trinajstić information content (AvgIpc) is 3.39. The number of amides is 1. The third-order valence-corrected chi connectivity index (χ3v) is 6.32. The number of hydrogen-bond donors (Lipinski definition) is 2. The maximum Gasteiger partial charge on any atom is 0.326 e. The second-order valence-corrected chi connectivity index (χ2v) is 8.34. The number of aromatic nitrogens is 6. The van der Waals surface area contributed by atoms with Crippen LogP contribution in [0.4, 0.5) is 5.82 Å². The minimum atomic E-state index is -0.194. The number of hydrogen-bond acceptors (Lipinski definition) is 6. The molecule has 4 heterocycles. The molecule has 33 heavy (non-hydrogen) atoms. The number of para-hydroxylation sites is 2. The van der Waals surface area contributed by atoms with Gasteiger partial charge in [0.05, 0.1) is 11.0 Å². The Morgan fingerprint density at radius 2 is 1.97 bits per heavy atom. The van der Waals surface area contributed by atoms with Crippen molar-refractivity contribution in [3.8, 4) is 0 Å². The predicted octanol–water partition coefficient (Wildman–Crippen LogP) is 2.47. The molecular weight excluding hydrogens is 420 g/mol. The monoisotopic (exact) mass is 448 g/mol. The van der Waals surface area contributed by atoms with Crippen molar-refractivity contribution in [2.45, 2.75) is 45.7 Å². The number of anilines is 1. The largest absolute Gasteiger partial charge is 0.355 e. The van der Waals surface area contributed by atoms with Crippen LogP contribution in [0, 0.1) is 0 Å². The van der Waals surface area contributed by atoms with E-state index in [4.69, 9.17) is 0 Å². The summed E-state index contributed by atoms with van der Waals surface area (Å²) in [6.07, 6.45) is 4.02. The average molecular weight is 449 g/mol. The van der Waals surface area contributed by atoms with Crippen LogP contribution in [0.2, 0.25) is 0 Å². The highest BCUT2D eigenvalue weighted by Crippen LogP contribution is 2.30. The molecule has 10 nitrogen and oxygen atoms in total. The van der Waals surface area contributed by atoms with Gasteiger partial charge < -0.3 is 19.8 Å². The summed E-state index contributed by atoms with van der Waals surface area (Å²) in [4.78, 5) is 44.0. The molecule has 0 atom stereocenters. The molecule has 0 spiro atoms. The molecule has 2 N–H and O–H groups in total. The maximum absolute atomic E-state index is 12.7. The molecule has 1 aromatic carbocycles. The minimum absolute atomic E-state index is 0.0662. The van der Waals surface area contributed by atoms with Crippen LogP contribution in [0.15, 0.2) is 35.4 Å². The molecule has 1 fully saturated rings.